The zero-order chi connectivity index (χ0) is 11.6. The van der Waals surface area contributed by atoms with Crippen molar-refractivity contribution in [2.75, 3.05) is 46.6 Å². The van der Waals surface area contributed by atoms with Gasteiger partial charge in [-0.3, -0.25) is 4.79 Å². The van der Waals surface area contributed by atoms with Gasteiger partial charge in [0.05, 0.1) is 25.7 Å². The molecule has 17 heavy (non-hydrogen) atoms. The molecule has 1 aliphatic heterocycles. The average molecular weight is 267 g/mol. The molecule has 6 heteroatoms. The van der Waals surface area contributed by atoms with Crippen LogP contribution in [0.5, 0.6) is 0 Å². The molecule has 0 spiro atoms. The molecule has 0 aromatic heterocycles. The molecule has 1 aliphatic rings. The third-order valence-electron chi connectivity index (χ3n) is 2.65. The molecule has 0 aromatic rings. The van der Waals surface area contributed by atoms with Gasteiger partial charge in [0, 0.05) is 20.2 Å². The van der Waals surface area contributed by atoms with Crippen LogP contribution in [0.15, 0.2) is 0 Å². The number of rotatable bonds is 7. The number of ether oxygens (including phenoxy) is 2. The summed E-state index contributed by atoms with van der Waals surface area (Å²) in [6, 6.07) is 0. The first-order valence-corrected chi connectivity index (χ1v) is 5.89. The van der Waals surface area contributed by atoms with E-state index in [2.05, 4.69) is 10.6 Å². The predicted octanol–water partition coefficient (Wildman–Crippen LogP) is 0.187. The second-order valence-corrected chi connectivity index (χ2v) is 3.94. The average Bonchev–Trinajstić information content (AvgIpc) is 2.34. The molecular weight excluding hydrogens is 244 g/mol. The number of amides is 1. The van der Waals surface area contributed by atoms with Gasteiger partial charge in [-0.1, -0.05) is 0 Å². The minimum absolute atomic E-state index is 0. The summed E-state index contributed by atoms with van der Waals surface area (Å²) in [5.41, 5.74) is 0. The number of hydrogen-bond donors (Lipinski definition) is 2. The Bertz CT molecular complexity index is 199. The van der Waals surface area contributed by atoms with Crippen molar-refractivity contribution in [2.45, 2.75) is 12.8 Å². The Balaban J connectivity index is 0.00000256. The van der Waals surface area contributed by atoms with E-state index in [1.54, 1.807) is 7.11 Å². The van der Waals surface area contributed by atoms with Crippen LogP contribution in [0.4, 0.5) is 0 Å². The Hall–Kier alpha value is -0.360. The highest BCUT2D eigenvalue weighted by atomic mass is 35.5. The van der Waals surface area contributed by atoms with E-state index in [-0.39, 0.29) is 24.2 Å². The quantitative estimate of drug-likeness (QED) is 0.646. The van der Waals surface area contributed by atoms with Crippen molar-refractivity contribution in [3.05, 3.63) is 0 Å². The fraction of sp³-hybridized carbons (Fsp3) is 0.909. The van der Waals surface area contributed by atoms with Crippen molar-refractivity contribution < 1.29 is 14.3 Å². The molecule has 102 valence electrons. The van der Waals surface area contributed by atoms with E-state index < -0.39 is 0 Å². The lowest BCUT2D eigenvalue weighted by atomic mass is 9.99. The van der Waals surface area contributed by atoms with Gasteiger partial charge in [-0.15, -0.1) is 12.4 Å². The molecule has 5 nitrogen and oxygen atoms in total. The van der Waals surface area contributed by atoms with Crippen LogP contribution in [0.1, 0.15) is 12.8 Å². The smallest absolute Gasteiger partial charge is 0.224 e. The topological polar surface area (TPSA) is 59.6 Å². The maximum atomic E-state index is 11.7. The first-order valence-electron chi connectivity index (χ1n) is 5.89. The van der Waals surface area contributed by atoms with Gasteiger partial charge < -0.3 is 20.1 Å². The van der Waals surface area contributed by atoms with Crippen LogP contribution < -0.4 is 10.6 Å². The summed E-state index contributed by atoms with van der Waals surface area (Å²) in [5.74, 6) is 0.273. The molecule has 2 N–H and O–H groups in total. The third-order valence-corrected chi connectivity index (χ3v) is 2.65. The molecule has 0 aliphatic carbocycles. The molecule has 1 amide bonds. The standard InChI is InChI=1S/C11H22N2O3.ClH/c1-15-7-8-16-6-5-13-11(14)10-3-2-4-12-9-10;/h10,12H,2-9H2,1H3,(H,13,14);1H/t10-;/m1./s1. The van der Waals surface area contributed by atoms with Gasteiger partial charge >= 0.3 is 0 Å². The maximum Gasteiger partial charge on any atom is 0.224 e. The van der Waals surface area contributed by atoms with Gasteiger partial charge in [0.1, 0.15) is 0 Å². The van der Waals surface area contributed by atoms with Crippen molar-refractivity contribution >= 4 is 18.3 Å². The van der Waals surface area contributed by atoms with Crippen LogP contribution in [-0.4, -0.2) is 52.5 Å². The van der Waals surface area contributed by atoms with Crippen molar-refractivity contribution in [2.24, 2.45) is 5.92 Å². The molecule has 0 saturated carbocycles. The second kappa shape index (κ2) is 10.8. The number of methoxy groups -OCH3 is 1. The minimum Gasteiger partial charge on any atom is -0.382 e. The summed E-state index contributed by atoms with van der Waals surface area (Å²) >= 11 is 0. The largest absolute Gasteiger partial charge is 0.382 e. The van der Waals surface area contributed by atoms with E-state index in [4.69, 9.17) is 9.47 Å². The van der Waals surface area contributed by atoms with E-state index in [0.29, 0.717) is 26.4 Å². The Morgan fingerprint density at radius 1 is 1.41 bits per heavy atom. The van der Waals surface area contributed by atoms with Crippen molar-refractivity contribution in [1.82, 2.24) is 10.6 Å². The van der Waals surface area contributed by atoms with Crippen molar-refractivity contribution in [3.8, 4) is 0 Å². The Morgan fingerprint density at radius 2 is 2.24 bits per heavy atom. The zero-order valence-corrected chi connectivity index (χ0v) is 11.2. The van der Waals surface area contributed by atoms with E-state index in [9.17, 15) is 4.79 Å². The highest BCUT2D eigenvalue weighted by Gasteiger charge is 2.19. The SMILES string of the molecule is COCCOCCNC(=O)[C@@H]1CCCNC1.Cl. The number of halogens is 1. The molecule has 0 aromatic carbocycles. The number of nitrogens with one attached hydrogen (secondary N) is 2. The highest BCUT2D eigenvalue weighted by Crippen LogP contribution is 2.09. The van der Waals surface area contributed by atoms with E-state index in [1.807, 2.05) is 0 Å². The summed E-state index contributed by atoms with van der Waals surface area (Å²) in [4.78, 5) is 11.7. The maximum absolute atomic E-state index is 11.7. The fourth-order valence-corrected chi connectivity index (χ4v) is 1.71. The van der Waals surface area contributed by atoms with Crippen LogP contribution in [0.3, 0.4) is 0 Å². The van der Waals surface area contributed by atoms with Crippen LogP contribution in [0, 0.1) is 5.92 Å². The van der Waals surface area contributed by atoms with Crippen LogP contribution in [0.2, 0.25) is 0 Å². The number of hydrogen-bond acceptors (Lipinski definition) is 4. The Labute approximate surface area is 109 Å². The van der Waals surface area contributed by atoms with Gasteiger partial charge in [0.25, 0.3) is 0 Å². The lowest BCUT2D eigenvalue weighted by Gasteiger charge is -2.21. The second-order valence-electron chi connectivity index (χ2n) is 3.94. The number of carbonyl (C=O) groups is 1. The van der Waals surface area contributed by atoms with Crippen LogP contribution >= 0.6 is 12.4 Å². The predicted molar refractivity (Wildman–Crippen MR) is 68.5 cm³/mol. The molecular formula is C11H23ClN2O3. The number of piperidine rings is 1. The van der Waals surface area contributed by atoms with Crippen molar-refractivity contribution in [3.63, 3.8) is 0 Å². The van der Waals surface area contributed by atoms with Gasteiger partial charge in [0.2, 0.25) is 5.91 Å². The van der Waals surface area contributed by atoms with Gasteiger partial charge in [-0.2, -0.15) is 0 Å². The van der Waals surface area contributed by atoms with Crippen LogP contribution in [0.25, 0.3) is 0 Å². The monoisotopic (exact) mass is 266 g/mol. The van der Waals surface area contributed by atoms with E-state index in [0.717, 1.165) is 25.9 Å². The summed E-state index contributed by atoms with van der Waals surface area (Å²) in [6.45, 7) is 4.15. The molecule has 1 atom stereocenters. The minimum atomic E-state index is 0. The highest BCUT2D eigenvalue weighted by molar-refractivity contribution is 5.85. The van der Waals surface area contributed by atoms with Gasteiger partial charge in [-0.25, -0.2) is 0 Å². The molecule has 1 rings (SSSR count). The number of carbonyl (C=O) groups excluding carboxylic acids is 1. The first-order chi connectivity index (χ1) is 7.84. The fourth-order valence-electron chi connectivity index (χ4n) is 1.71. The summed E-state index contributed by atoms with van der Waals surface area (Å²) in [5, 5.41) is 6.11. The van der Waals surface area contributed by atoms with Crippen molar-refractivity contribution in [1.29, 1.82) is 0 Å². The Kier molecular flexibility index (Phi) is 10.5. The lowest BCUT2D eigenvalue weighted by molar-refractivity contribution is -0.125. The van der Waals surface area contributed by atoms with E-state index >= 15 is 0 Å². The molecule has 1 saturated heterocycles. The third kappa shape index (κ3) is 7.54. The molecule has 1 heterocycles. The molecule has 0 bridgehead atoms. The first kappa shape index (κ1) is 16.6. The van der Waals surface area contributed by atoms with Gasteiger partial charge in [-0.05, 0) is 19.4 Å². The van der Waals surface area contributed by atoms with Crippen LogP contribution in [-0.2, 0) is 14.3 Å². The van der Waals surface area contributed by atoms with E-state index in [1.165, 1.54) is 0 Å². The lowest BCUT2D eigenvalue weighted by Crippen LogP contribution is -2.41. The zero-order valence-electron chi connectivity index (χ0n) is 10.4. The summed E-state index contributed by atoms with van der Waals surface area (Å²) in [6.07, 6.45) is 2.08. The van der Waals surface area contributed by atoms with Gasteiger partial charge in [0.15, 0.2) is 0 Å². The molecule has 0 unspecified atom stereocenters. The summed E-state index contributed by atoms with van der Waals surface area (Å²) < 4.78 is 10.1. The summed E-state index contributed by atoms with van der Waals surface area (Å²) in [7, 11) is 1.64. The molecule has 0 radical (unpaired) electrons. The normalized spacial score (nSPS) is 19.5. The Morgan fingerprint density at radius 3 is 2.88 bits per heavy atom. The molecule has 1 fully saturated rings.